The third-order valence-electron chi connectivity index (χ3n) is 2.48. The third kappa shape index (κ3) is 4.03. The van der Waals surface area contributed by atoms with Crippen molar-refractivity contribution in [2.24, 2.45) is 0 Å². The summed E-state index contributed by atoms with van der Waals surface area (Å²) in [4.78, 5) is 11.2. The molecular formula is C13H19NO2. The van der Waals surface area contributed by atoms with E-state index in [4.69, 9.17) is 5.11 Å². The van der Waals surface area contributed by atoms with Gasteiger partial charge in [0, 0.05) is 13.0 Å². The summed E-state index contributed by atoms with van der Waals surface area (Å²) in [6.07, 6.45) is 2.23. The van der Waals surface area contributed by atoms with E-state index < -0.39 is 0 Å². The molecule has 0 aromatic heterocycles. The molecule has 0 aliphatic heterocycles. The summed E-state index contributed by atoms with van der Waals surface area (Å²) in [5.74, 6) is 0.101. The summed E-state index contributed by atoms with van der Waals surface area (Å²) >= 11 is 0. The lowest BCUT2D eigenvalue weighted by molar-refractivity contribution is -0.121. The molecule has 3 nitrogen and oxygen atoms in total. The van der Waals surface area contributed by atoms with Gasteiger partial charge in [0.1, 0.15) is 0 Å². The van der Waals surface area contributed by atoms with E-state index in [2.05, 4.69) is 5.32 Å². The van der Waals surface area contributed by atoms with Crippen LogP contribution in [0, 0.1) is 0 Å². The molecule has 0 aliphatic carbocycles. The topological polar surface area (TPSA) is 49.3 Å². The summed E-state index contributed by atoms with van der Waals surface area (Å²) in [7, 11) is 0. The maximum atomic E-state index is 11.2. The molecule has 1 aromatic rings. The van der Waals surface area contributed by atoms with Crippen LogP contribution >= 0.6 is 0 Å². The summed E-state index contributed by atoms with van der Waals surface area (Å²) in [5.41, 5.74) is 2.04. The highest BCUT2D eigenvalue weighted by molar-refractivity contribution is 5.75. The number of nitrogens with one attached hydrogen (secondary N) is 1. The number of hydrogen-bond acceptors (Lipinski definition) is 2. The van der Waals surface area contributed by atoms with Gasteiger partial charge in [-0.15, -0.1) is 0 Å². The highest BCUT2D eigenvalue weighted by atomic mass is 16.3. The second-order valence-corrected chi connectivity index (χ2v) is 3.78. The molecule has 88 valence electrons. The maximum Gasteiger partial charge on any atom is 0.219 e. The molecule has 0 radical (unpaired) electrons. The van der Waals surface area contributed by atoms with Crippen molar-refractivity contribution >= 4 is 5.91 Å². The molecule has 0 fully saturated rings. The van der Waals surface area contributed by atoms with Gasteiger partial charge in [-0.25, -0.2) is 0 Å². The zero-order valence-corrected chi connectivity index (χ0v) is 9.70. The Hall–Kier alpha value is -1.35. The molecule has 0 atom stereocenters. The van der Waals surface area contributed by atoms with Crippen molar-refractivity contribution in [3.8, 4) is 0 Å². The summed E-state index contributed by atoms with van der Waals surface area (Å²) in [5, 5.41) is 12.0. The first-order chi connectivity index (χ1) is 7.77. The number of amides is 1. The molecule has 3 heteroatoms. The van der Waals surface area contributed by atoms with Crippen LogP contribution in [0.5, 0.6) is 0 Å². The van der Waals surface area contributed by atoms with Gasteiger partial charge in [0.15, 0.2) is 0 Å². The van der Waals surface area contributed by atoms with E-state index in [9.17, 15) is 4.79 Å². The first-order valence-corrected chi connectivity index (χ1v) is 5.72. The van der Waals surface area contributed by atoms with Crippen molar-refractivity contribution in [2.75, 3.05) is 6.54 Å². The van der Waals surface area contributed by atoms with Crippen molar-refractivity contribution in [1.29, 1.82) is 0 Å². The van der Waals surface area contributed by atoms with E-state index in [0.29, 0.717) is 13.0 Å². The Bertz CT molecular complexity index is 336. The minimum absolute atomic E-state index is 0.0546. The zero-order valence-electron chi connectivity index (χ0n) is 9.70. The van der Waals surface area contributed by atoms with Gasteiger partial charge in [0.2, 0.25) is 5.91 Å². The average Bonchev–Trinajstić information content (AvgIpc) is 2.30. The van der Waals surface area contributed by atoms with Crippen LogP contribution in [0.2, 0.25) is 0 Å². The second kappa shape index (κ2) is 7.01. The molecule has 0 saturated carbocycles. The van der Waals surface area contributed by atoms with Crippen LogP contribution in [0.3, 0.4) is 0 Å². The van der Waals surface area contributed by atoms with E-state index >= 15 is 0 Å². The van der Waals surface area contributed by atoms with Crippen LogP contribution in [0.25, 0.3) is 0 Å². The Labute approximate surface area is 96.5 Å². The number of benzene rings is 1. The third-order valence-corrected chi connectivity index (χ3v) is 2.48. The van der Waals surface area contributed by atoms with Gasteiger partial charge in [0.05, 0.1) is 6.61 Å². The van der Waals surface area contributed by atoms with Crippen LogP contribution in [0.15, 0.2) is 24.3 Å². The van der Waals surface area contributed by atoms with E-state index in [0.717, 1.165) is 24.0 Å². The smallest absolute Gasteiger partial charge is 0.219 e. The molecular weight excluding hydrogens is 202 g/mol. The maximum absolute atomic E-state index is 11.2. The predicted molar refractivity (Wildman–Crippen MR) is 64.0 cm³/mol. The van der Waals surface area contributed by atoms with E-state index in [1.165, 1.54) is 0 Å². The van der Waals surface area contributed by atoms with Crippen molar-refractivity contribution in [1.82, 2.24) is 5.32 Å². The summed E-state index contributed by atoms with van der Waals surface area (Å²) in [6, 6.07) is 7.74. The molecule has 0 saturated heterocycles. The van der Waals surface area contributed by atoms with Crippen LogP contribution in [-0.4, -0.2) is 17.6 Å². The highest BCUT2D eigenvalue weighted by Gasteiger charge is 2.02. The summed E-state index contributed by atoms with van der Waals surface area (Å²) < 4.78 is 0. The minimum atomic E-state index is 0.0546. The highest BCUT2D eigenvalue weighted by Crippen LogP contribution is 2.08. The average molecular weight is 221 g/mol. The SMILES string of the molecule is CCCC(=O)NCCc1ccccc1CO. The fraction of sp³-hybridized carbons (Fsp3) is 0.462. The van der Waals surface area contributed by atoms with E-state index in [1.54, 1.807) is 0 Å². The number of carbonyl (C=O) groups is 1. The fourth-order valence-corrected chi connectivity index (χ4v) is 1.61. The van der Waals surface area contributed by atoms with E-state index in [1.807, 2.05) is 31.2 Å². The molecule has 0 spiro atoms. The van der Waals surface area contributed by atoms with Gasteiger partial charge >= 0.3 is 0 Å². The lowest BCUT2D eigenvalue weighted by Gasteiger charge is -2.08. The Morgan fingerprint density at radius 1 is 1.31 bits per heavy atom. The van der Waals surface area contributed by atoms with Crippen molar-refractivity contribution < 1.29 is 9.90 Å². The van der Waals surface area contributed by atoms with Gasteiger partial charge in [-0.05, 0) is 24.0 Å². The first-order valence-electron chi connectivity index (χ1n) is 5.72. The fourth-order valence-electron chi connectivity index (χ4n) is 1.61. The normalized spacial score (nSPS) is 10.1. The quantitative estimate of drug-likeness (QED) is 0.767. The number of carbonyl (C=O) groups excluding carboxylic acids is 1. The zero-order chi connectivity index (χ0) is 11.8. The van der Waals surface area contributed by atoms with Crippen LogP contribution in [0.4, 0.5) is 0 Å². The first kappa shape index (κ1) is 12.7. The number of aliphatic hydroxyl groups is 1. The van der Waals surface area contributed by atoms with Crippen molar-refractivity contribution in [3.63, 3.8) is 0 Å². The Balaban J connectivity index is 2.39. The molecule has 16 heavy (non-hydrogen) atoms. The van der Waals surface area contributed by atoms with Gasteiger partial charge < -0.3 is 10.4 Å². The second-order valence-electron chi connectivity index (χ2n) is 3.78. The summed E-state index contributed by atoms with van der Waals surface area (Å²) in [6.45, 7) is 2.68. The van der Waals surface area contributed by atoms with Gasteiger partial charge in [-0.1, -0.05) is 31.2 Å². The number of aliphatic hydroxyl groups excluding tert-OH is 1. The molecule has 1 rings (SSSR count). The molecule has 0 bridgehead atoms. The van der Waals surface area contributed by atoms with Crippen molar-refractivity contribution in [3.05, 3.63) is 35.4 Å². The van der Waals surface area contributed by atoms with Crippen molar-refractivity contribution in [2.45, 2.75) is 32.8 Å². The van der Waals surface area contributed by atoms with Crippen LogP contribution in [0.1, 0.15) is 30.9 Å². The Morgan fingerprint density at radius 3 is 2.62 bits per heavy atom. The lowest BCUT2D eigenvalue weighted by atomic mass is 10.1. The predicted octanol–water partition coefficient (Wildman–Crippen LogP) is 1.64. The largest absolute Gasteiger partial charge is 0.392 e. The van der Waals surface area contributed by atoms with Gasteiger partial charge in [-0.2, -0.15) is 0 Å². The monoisotopic (exact) mass is 221 g/mol. The standard InChI is InChI=1S/C13H19NO2/c1-2-5-13(16)14-9-8-11-6-3-4-7-12(11)10-15/h3-4,6-7,15H,2,5,8-10H2,1H3,(H,14,16). The molecule has 0 unspecified atom stereocenters. The molecule has 1 amide bonds. The van der Waals surface area contributed by atoms with Crippen LogP contribution < -0.4 is 5.32 Å². The lowest BCUT2D eigenvalue weighted by Crippen LogP contribution is -2.25. The molecule has 0 aliphatic rings. The van der Waals surface area contributed by atoms with Gasteiger partial charge in [0.25, 0.3) is 0 Å². The van der Waals surface area contributed by atoms with Gasteiger partial charge in [-0.3, -0.25) is 4.79 Å². The molecule has 1 aromatic carbocycles. The molecule has 0 heterocycles. The Kier molecular flexibility index (Phi) is 5.57. The number of rotatable bonds is 6. The number of hydrogen-bond donors (Lipinski definition) is 2. The minimum Gasteiger partial charge on any atom is -0.392 e. The molecule has 2 N–H and O–H groups in total. The van der Waals surface area contributed by atoms with Crippen LogP contribution in [-0.2, 0) is 17.8 Å². The Morgan fingerprint density at radius 2 is 2.00 bits per heavy atom. The van der Waals surface area contributed by atoms with E-state index in [-0.39, 0.29) is 12.5 Å².